The Morgan fingerprint density at radius 1 is 0.266 bits per heavy atom. The number of carbonyl (C=O) groups excluding carboxylic acids is 3. The van der Waals surface area contributed by atoms with E-state index in [4.69, 9.17) is 14.2 Å². The fourth-order valence-corrected chi connectivity index (χ4v) is 8.05. The summed E-state index contributed by atoms with van der Waals surface area (Å²) < 4.78 is 16.7. The van der Waals surface area contributed by atoms with E-state index < -0.39 is 6.10 Å². The van der Waals surface area contributed by atoms with E-state index in [0.717, 1.165) is 173 Å². The molecule has 0 amide bonds. The van der Waals surface area contributed by atoms with Crippen molar-refractivity contribution in [1.29, 1.82) is 0 Å². The first-order valence-corrected chi connectivity index (χ1v) is 31.6. The average molecular weight is 1090 g/mol. The average Bonchev–Trinajstić information content (AvgIpc) is 3.45. The number of allylic oxidation sites excluding steroid dienone is 28. The first-order valence-electron chi connectivity index (χ1n) is 31.6. The van der Waals surface area contributed by atoms with Gasteiger partial charge in [0.2, 0.25) is 0 Å². The van der Waals surface area contributed by atoms with Gasteiger partial charge >= 0.3 is 17.9 Å². The van der Waals surface area contributed by atoms with Crippen molar-refractivity contribution in [3.63, 3.8) is 0 Å². The topological polar surface area (TPSA) is 78.9 Å². The summed E-state index contributed by atoms with van der Waals surface area (Å²) in [6, 6.07) is 0. The summed E-state index contributed by atoms with van der Waals surface area (Å²) in [6.45, 7) is 6.28. The molecule has 0 rings (SSSR count). The monoisotopic (exact) mass is 1090 g/mol. The van der Waals surface area contributed by atoms with E-state index >= 15 is 0 Å². The minimum atomic E-state index is -0.801. The highest BCUT2D eigenvalue weighted by molar-refractivity contribution is 5.71. The van der Waals surface area contributed by atoms with Crippen LogP contribution < -0.4 is 0 Å². The lowest BCUT2D eigenvalue weighted by Crippen LogP contribution is -2.30. The van der Waals surface area contributed by atoms with E-state index in [0.29, 0.717) is 19.3 Å². The Morgan fingerprint density at radius 2 is 0.494 bits per heavy atom. The minimum Gasteiger partial charge on any atom is -0.462 e. The van der Waals surface area contributed by atoms with Crippen LogP contribution in [0.25, 0.3) is 0 Å². The molecule has 79 heavy (non-hydrogen) atoms. The number of unbranched alkanes of at least 4 members (excludes halogenated alkanes) is 16. The van der Waals surface area contributed by atoms with Crippen molar-refractivity contribution in [2.24, 2.45) is 0 Å². The van der Waals surface area contributed by atoms with Crippen molar-refractivity contribution in [1.82, 2.24) is 0 Å². The van der Waals surface area contributed by atoms with Gasteiger partial charge in [0.15, 0.2) is 6.10 Å². The van der Waals surface area contributed by atoms with E-state index in [1.807, 2.05) is 0 Å². The van der Waals surface area contributed by atoms with Gasteiger partial charge in [-0.25, -0.2) is 0 Å². The van der Waals surface area contributed by atoms with Gasteiger partial charge in [-0.05, 0) is 135 Å². The Kier molecular flexibility index (Phi) is 61.0. The van der Waals surface area contributed by atoms with E-state index in [1.165, 1.54) is 38.5 Å². The van der Waals surface area contributed by atoms with Gasteiger partial charge < -0.3 is 14.2 Å². The van der Waals surface area contributed by atoms with Crippen LogP contribution in [0.4, 0.5) is 0 Å². The second kappa shape index (κ2) is 65.3. The number of rotatable bonds is 55. The molecule has 0 bridgehead atoms. The number of ether oxygens (including phenoxy) is 3. The number of hydrogen-bond acceptors (Lipinski definition) is 6. The Morgan fingerprint density at radius 3 is 0.785 bits per heavy atom. The van der Waals surface area contributed by atoms with Crippen LogP contribution in [-0.2, 0) is 28.6 Å². The second-order valence-electron chi connectivity index (χ2n) is 20.2. The maximum Gasteiger partial charge on any atom is 0.306 e. The third-order valence-electron chi connectivity index (χ3n) is 12.7. The molecule has 0 aromatic rings. The Balaban J connectivity index is 4.19. The zero-order valence-electron chi connectivity index (χ0n) is 50.6. The molecule has 6 heteroatoms. The smallest absolute Gasteiger partial charge is 0.306 e. The summed E-state index contributed by atoms with van der Waals surface area (Å²) in [4.78, 5) is 37.9. The van der Waals surface area contributed by atoms with Gasteiger partial charge in [-0.2, -0.15) is 0 Å². The van der Waals surface area contributed by atoms with Crippen LogP contribution in [0.2, 0.25) is 0 Å². The maximum absolute atomic E-state index is 12.8. The third-order valence-corrected chi connectivity index (χ3v) is 12.7. The van der Waals surface area contributed by atoms with Crippen LogP contribution in [-0.4, -0.2) is 37.2 Å². The predicted molar refractivity (Wildman–Crippen MR) is 343 cm³/mol. The number of esters is 3. The molecule has 0 aliphatic rings. The molecule has 0 radical (unpaired) electrons. The van der Waals surface area contributed by atoms with Gasteiger partial charge in [-0.1, -0.05) is 268 Å². The van der Waals surface area contributed by atoms with Crippen LogP contribution >= 0.6 is 0 Å². The van der Waals surface area contributed by atoms with Crippen LogP contribution in [0.3, 0.4) is 0 Å². The molecule has 0 saturated heterocycles. The van der Waals surface area contributed by atoms with E-state index in [1.54, 1.807) is 0 Å². The molecular weight excluding hydrogens is 973 g/mol. The second-order valence-corrected chi connectivity index (χ2v) is 20.2. The van der Waals surface area contributed by atoms with Gasteiger partial charge in [0.25, 0.3) is 0 Å². The van der Waals surface area contributed by atoms with Crippen molar-refractivity contribution in [3.05, 3.63) is 170 Å². The SMILES string of the molecule is CC/C=C\C/C=C\C/C=C\C/C=C\C/C=C\C/C=C\C/C=C\C/C=C\C/C=C\CCCCCC(=O)OCC(COC(=O)CCCCCCC)OC(=O)CCCCCCCCCCC/C=C\C/C=C\C/C=C\C/C=C\C/C=C\CC. The molecular formula is C73H114O6. The summed E-state index contributed by atoms with van der Waals surface area (Å²) >= 11 is 0. The molecule has 0 heterocycles. The third kappa shape index (κ3) is 63.5. The molecule has 0 aromatic heterocycles. The van der Waals surface area contributed by atoms with E-state index in [9.17, 15) is 14.4 Å². The molecule has 0 aliphatic carbocycles. The first kappa shape index (κ1) is 73.8. The normalized spacial score (nSPS) is 13.3. The minimum absolute atomic E-state index is 0.0988. The zero-order chi connectivity index (χ0) is 57.1. The molecule has 0 N–H and O–H groups in total. The van der Waals surface area contributed by atoms with Crippen molar-refractivity contribution in [2.75, 3.05) is 13.2 Å². The summed E-state index contributed by atoms with van der Waals surface area (Å²) in [7, 11) is 0. The van der Waals surface area contributed by atoms with E-state index in [2.05, 4.69) is 191 Å². The van der Waals surface area contributed by atoms with Crippen molar-refractivity contribution in [2.45, 2.75) is 258 Å². The Hall–Kier alpha value is -5.23. The lowest BCUT2D eigenvalue weighted by molar-refractivity contribution is -0.167. The van der Waals surface area contributed by atoms with Crippen LogP contribution in [0.15, 0.2) is 170 Å². The Labute approximate surface area is 485 Å². The summed E-state index contributed by atoms with van der Waals surface area (Å²) in [6.07, 6.45) is 96.9. The number of hydrogen-bond donors (Lipinski definition) is 0. The zero-order valence-corrected chi connectivity index (χ0v) is 50.6. The van der Waals surface area contributed by atoms with Crippen LogP contribution in [0.1, 0.15) is 252 Å². The van der Waals surface area contributed by atoms with Gasteiger partial charge in [0, 0.05) is 19.3 Å². The van der Waals surface area contributed by atoms with Gasteiger partial charge in [-0.15, -0.1) is 0 Å². The van der Waals surface area contributed by atoms with Gasteiger partial charge in [0.1, 0.15) is 13.2 Å². The fourth-order valence-electron chi connectivity index (χ4n) is 8.05. The highest BCUT2D eigenvalue weighted by Crippen LogP contribution is 2.14. The molecule has 0 fully saturated rings. The lowest BCUT2D eigenvalue weighted by atomic mass is 10.1. The van der Waals surface area contributed by atoms with Crippen LogP contribution in [0, 0.1) is 0 Å². The standard InChI is InChI=1S/C73H114O6/c1-4-7-10-13-15-17-19-21-23-25-27-29-31-33-34-35-36-37-38-40-41-43-45-47-49-51-53-55-57-60-63-66-72(75)78-69-70(68-77-71(74)65-62-59-12-9-6-3)79-73(76)67-64-61-58-56-54-52-50-48-46-44-42-39-32-30-28-26-24-22-20-18-16-14-11-8-5-2/h7-8,10-11,15-18,21-24,27-30,33-34,36-37,39-42,45,47,51,53,70H,4-6,9,12-14,19-20,25-26,31-32,35,38,43-44,46,48-50,52,54-69H2,1-3H3/b10-7-,11-8-,17-15-,18-16-,23-21-,24-22-,29-27-,30-28-,34-33-,37-36-,41-40-,42-39-,47-45-,53-51-. The molecule has 0 spiro atoms. The van der Waals surface area contributed by atoms with Gasteiger partial charge in [-0.3, -0.25) is 14.4 Å². The summed E-state index contributed by atoms with van der Waals surface area (Å²) in [5.41, 5.74) is 0. The Bertz CT molecular complexity index is 1820. The largest absolute Gasteiger partial charge is 0.462 e. The lowest BCUT2D eigenvalue weighted by Gasteiger charge is -2.18. The van der Waals surface area contributed by atoms with E-state index in [-0.39, 0.29) is 31.1 Å². The summed E-state index contributed by atoms with van der Waals surface area (Å²) in [5.74, 6) is -0.960. The molecule has 0 aliphatic heterocycles. The molecule has 6 nitrogen and oxygen atoms in total. The van der Waals surface area contributed by atoms with Crippen molar-refractivity contribution >= 4 is 17.9 Å². The maximum atomic E-state index is 12.8. The molecule has 1 unspecified atom stereocenters. The summed E-state index contributed by atoms with van der Waals surface area (Å²) in [5, 5.41) is 0. The molecule has 442 valence electrons. The fraction of sp³-hybridized carbons (Fsp3) is 0.575. The van der Waals surface area contributed by atoms with Crippen molar-refractivity contribution in [3.8, 4) is 0 Å². The highest BCUT2D eigenvalue weighted by atomic mass is 16.6. The molecule has 0 aromatic carbocycles. The predicted octanol–water partition coefficient (Wildman–Crippen LogP) is 21.9. The number of carbonyl (C=O) groups is 3. The van der Waals surface area contributed by atoms with Crippen LogP contribution in [0.5, 0.6) is 0 Å². The molecule has 0 saturated carbocycles. The highest BCUT2D eigenvalue weighted by Gasteiger charge is 2.19. The molecule has 1 atom stereocenters. The van der Waals surface area contributed by atoms with Crippen molar-refractivity contribution < 1.29 is 28.6 Å². The first-order chi connectivity index (χ1) is 39.0. The quantitative estimate of drug-likeness (QED) is 0.0261. The van der Waals surface area contributed by atoms with Gasteiger partial charge in [0.05, 0.1) is 0 Å².